The van der Waals surface area contributed by atoms with Crippen LogP contribution in [0.3, 0.4) is 0 Å². The van der Waals surface area contributed by atoms with Crippen LogP contribution in [0.2, 0.25) is 0 Å². The van der Waals surface area contributed by atoms with Crippen LogP contribution in [0.15, 0.2) is 103 Å². The Bertz CT molecular complexity index is 2490. The Labute approximate surface area is 465 Å². The van der Waals surface area contributed by atoms with Gasteiger partial charge in [0, 0.05) is 24.5 Å². The highest BCUT2D eigenvalue weighted by atomic mass is 32.2. The lowest BCUT2D eigenvalue weighted by Crippen LogP contribution is -2.63. The summed E-state index contributed by atoms with van der Waals surface area (Å²) in [7, 11) is 1.13. The summed E-state index contributed by atoms with van der Waals surface area (Å²) in [6, 6.07) is 23.5. The lowest BCUT2D eigenvalue weighted by Gasteiger charge is -2.37. The van der Waals surface area contributed by atoms with Gasteiger partial charge in [-0.1, -0.05) is 117 Å². The Morgan fingerprint density at radius 1 is 0.615 bits per heavy atom. The molecule has 0 aliphatic heterocycles. The van der Waals surface area contributed by atoms with Crippen LogP contribution in [0.25, 0.3) is 0 Å². The standard InChI is InChI=1S/C61H82N4O12S/c1-38(2)51(56(72)65(48(66)32-34-50(68)77-60(10,11)12)47(31-33-49(67)76-59(7,8)9)55(71)64-52(57(73)74-13)39(3)75-58(4,5)6)63-54(70)46(62-53(69)45-36-40-29-30-41(45)35-40)37-78-61(42-23-17-14-18-24-42,43-25-19-15-20-26-43)44-27-21-16-22-28-44/h14-30,38-41,45-47,51-52H,31-37H2,1-13H3,(H,62,69)(H,63,70)(H,64,71)/t39-,40?,41?,45?,46+,47+,51+,52+/m1/s1. The summed E-state index contributed by atoms with van der Waals surface area (Å²) in [5.74, 6) is -7.46. The van der Waals surface area contributed by atoms with Gasteiger partial charge in [-0.3, -0.25) is 38.5 Å². The number of rotatable bonds is 24. The van der Waals surface area contributed by atoms with Crippen LogP contribution < -0.4 is 16.0 Å². The van der Waals surface area contributed by atoms with Gasteiger partial charge in [-0.15, -0.1) is 11.8 Å². The molecule has 1 fully saturated rings. The van der Waals surface area contributed by atoms with Crippen LogP contribution in [0.4, 0.5) is 0 Å². The highest BCUT2D eigenvalue weighted by Crippen LogP contribution is 2.49. The topological polar surface area (TPSA) is 213 Å². The maximum Gasteiger partial charge on any atom is 0.331 e. The lowest BCUT2D eigenvalue weighted by molar-refractivity contribution is -0.162. The molecule has 3 aromatic carbocycles. The Morgan fingerprint density at radius 2 is 1.12 bits per heavy atom. The molecule has 0 heterocycles. The second-order valence-corrected chi connectivity index (χ2v) is 24.8. The van der Waals surface area contributed by atoms with Crippen molar-refractivity contribution < 1.29 is 57.3 Å². The number of amides is 5. The molecule has 8 atom stereocenters. The van der Waals surface area contributed by atoms with Crippen molar-refractivity contribution in [2.24, 2.45) is 23.7 Å². The first kappa shape index (κ1) is 62.5. The molecule has 78 heavy (non-hydrogen) atoms. The van der Waals surface area contributed by atoms with Gasteiger partial charge >= 0.3 is 17.9 Å². The second-order valence-electron chi connectivity index (χ2n) is 23.5. The van der Waals surface area contributed by atoms with E-state index in [9.17, 15) is 28.8 Å². The second kappa shape index (κ2) is 27.0. The van der Waals surface area contributed by atoms with Crippen LogP contribution >= 0.6 is 11.8 Å². The third kappa shape index (κ3) is 17.3. The Balaban J connectivity index is 1.61. The fourth-order valence-corrected chi connectivity index (χ4v) is 11.6. The molecule has 0 spiro atoms. The van der Waals surface area contributed by atoms with Crippen molar-refractivity contribution in [1.82, 2.24) is 20.9 Å². The van der Waals surface area contributed by atoms with Crippen molar-refractivity contribution in [3.05, 3.63) is 120 Å². The van der Waals surface area contributed by atoms with Gasteiger partial charge in [0.25, 0.3) is 5.91 Å². The zero-order valence-corrected chi connectivity index (χ0v) is 48.5. The highest BCUT2D eigenvalue weighted by molar-refractivity contribution is 8.00. The normalized spacial score (nSPS) is 18.2. The van der Waals surface area contributed by atoms with E-state index in [0.29, 0.717) is 11.3 Å². The predicted molar refractivity (Wildman–Crippen MR) is 299 cm³/mol. The smallest absolute Gasteiger partial charge is 0.331 e. The van der Waals surface area contributed by atoms with E-state index in [1.165, 1.54) is 11.8 Å². The number of carbonyl (C=O) groups excluding carboxylic acids is 8. The molecular weight excluding hydrogens is 1010 g/mol. The molecule has 424 valence electrons. The van der Waals surface area contributed by atoms with Gasteiger partial charge in [0.2, 0.25) is 23.6 Å². The largest absolute Gasteiger partial charge is 0.467 e. The zero-order valence-electron chi connectivity index (χ0n) is 47.7. The van der Waals surface area contributed by atoms with Gasteiger partial charge in [0.05, 0.1) is 30.0 Å². The van der Waals surface area contributed by atoms with Crippen molar-refractivity contribution >= 4 is 59.2 Å². The molecule has 5 amide bonds. The molecule has 17 heteroatoms. The summed E-state index contributed by atoms with van der Waals surface area (Å²) in [5, 5.41) is 8.63. The number of nitrogens with zero attached hydrogens (tertiary/aromatic N) is 1. The summed E-state index contributed by atoms with van der Waals surface area (Å²) in [6.45, 7) is 20.1. The Hall–Kier alpha value is -6.33. The Morgan fingerprint density at radius 3 is 1.55 bits per heavy atom. The average molecular weight is 1100 g/mol. The summed E-state index contributed by atoms with van der Waals surface area (Å²) in [5.41, 5.74) is 0.0700. The summed E-state index contributed by atoms with van der Waals surface area (Å²) in [6.07, 6.45) is 2.50. The van der Waals surface area contributed by atoms with E-state index in [4.69, 9.17) is 18.9 Å². The molecule has 0 radical (unpaired) electrons. The van der Waals surface area contributed by atoms with Gasteiger partial charge < -0.3 is 34.9 Å². The van der Waals surface area contributed by atoms with Gasteiger partial charge in [0.15, 0.2) is 6.04 Å². The van der Waals surface area contributed by atoms with Crippen molar-refractivity contribution in [3.63, 3.8) is 0 Å². The van der Waals surface area contributed by atoms with E-state index in [0.717, 1.165) is 30.2 Å². The Kier molecular flexibility index (Phi) is 21.7. The summed E-state index contributed by atoms with van der Waals surface area (Å²) < 4.78 is 21.3. The number of hydrogen-bond donors (Lipinski definition) is 3. The average Bonchev–Trinajstić information content (AvgIpc) is 4.01. The molecule has 1 saturated carbocycles. The maximum absolute atomic E-state index is 15.6. The number of benzene rings is 3. The molecule has 0 aromatic heterocycles. The number of hydrogen-bond acceptors (Lipinski definition) is 13. The number of fused-ring (bicyclic) bond motifs is 2. The number of ether oxygens (including phenoxy) is 4. The van der Waals surface area contributed by atoms with Crippen molar-refractivity contribution in [3.8, 4) is 0 Å². The molecule has 3 aromatic rings. The van der Waals surface area contributed by atoms with Crippen LogP contribution in [-0.2, 0) is 62.1 Å². The van der Waals surface area contributed by atoms with Gasteiger partial charge in [-0.05, 0) is 123 Å². The van der Waals surface area contributed by atoms with Crippen LogP contribution in [0, 0.1) is 23.7 Å². The number of imide groups is 1. The first-order valence-corrected chi connectivity index (χ1v) is 28.0. The first-order chi connectivity index (χ1) is 36.5. The molecule has 16 nitrogen and oxygen atoms in total. The number of thioether (sulfide) groups is 1. The van der Waals surface area contributed by atoms with E-state index >= 15 is 9.59 Å². The van der Waals surface area contributed by atoms with Crippen molar-refractivity contribution in [1.29, 1.82) is 0 Å². The highest BCUT2D eigenvalue weighted by Gasteiger charge is 2.46. The third-order valence-electron chi connectivity index (χ3n) is 13.4. The predicted octanol–water partition coefficient (Wildman–Crippen LogP) is 8.38. The van der Waals surface area contributed by atoms with E-state index in [1.807, 2.05) is 91.0 Å². The minimum Gasteiger partial charge on any atom is -0.467 e. The number of methoxy groups -OCH3 is 1. The molecule has 0 saturated heterocycles. The fraction of sp³-hybridized carbons (Fsp3) is 0.541. The number of allylic oxidation sites excluding steroid dienone is 2. The molecule has 2 aliphatic carbocycles. The summed E-state index contributed by atoms with van der Waals surface area (Å²) in [4.78, 5) is 116. The van der Waals surface area contributed by atoms with E-state index in [1.54, 1.807) is 83.1 Å². The number of carbonyl (C=O) groups is 8. The van der Waals surface area contributed by atoms with Crippen LogP contribution in [-0.4, -0.2) is 112 Å². The van der Waals surface area contributed by atoms with Gasteiger partial charge in [-0.25, -0.2) is 4.79 Å². The van der Waals surface area contributed by atoms with Crippen LogP contribution in [0.1, 0.15) is 138 Å². The quantitative estimate of drug-likeness (QED) is 0.0333. The molecular formula is C61H82N4O12S. The monoisotopic (exact) mass is 1090 g/mol. The van der Waals surface area contributed by atoms with Crippen LogP contribution in [0.5, 0.6) is 0 Å². The summed E-state index contributed by atoms with van der Waals surface area (Å²) >= 11 is 1.44. The fourth-order valence-electron chi connectivity index (χ4n) is 10.0. The third-order valence-corrected chi connectivity index (χ3v) is 15.0. The molecule has 5 rings (SSSR count). The maximum atomic E-state index is 15.6. The minimum absolute atomic E-state index is 0.000737. The SMILES string of the molecule is COC(=O)[C@@H](NC(=O)[C@H](CCC(=O)OC(C)(C)C)N(C(=O)CCC(=O)OC(C)(C)C)C(=O)[C@@H](NC(=O)[C@H](CSC(c1ccccc1)(c1ccccc1)c1ccccc1)NC(=O)C1CC2C=CC1C2)C(C)C)[C@@H](C)OC(C)(C)C. The van der Waals surface area contributed by atoms with Crippen molar-refractivity contribution in [2.45, 2.75) is 173 Å². The minimum atomic E-state index is -1.83. The first-order valence-electron chi connectivity index (χ1n) is 27.0. The molecule has 2 aliphatic rings. The molecule has 3 N–H and O–H groups in total. The molecule has 3 unspecified atom stereocenters. The lowest BCUT2D eigenvalue weighted by atomic mass is 9.84. The molecule has 2 bridgehead atoms. The van der Waals surface area contributed by atoms with E-state index < -0.39 is 131 Å². The van der Waals surface area contributed by atoms with Gasteiger partial charge in [0.1, 0.15) is 29.3 Å². The number of esters is 3. The zero-order chi connectivity index (χ0) is 57.8. The number of nitrogens with one attached hydrogen (secondary N) is 3. The van der Waals surface area contributed by atoms with Crippen molar-refractivity contribution in [2.75, 3.05) is 12.9 Å². The van der Waals surface area contributed by atoms with E-state index in [-0.39, 0.29) is 23.5 Å². The van der Waals surface area contributed by atoms with E-state index in [2.05, 4.69) is 28.1 Å². The van der Waals surface area contributed by atoms with Gasteiger partial charge in [-0.2, -0.15) is 0 Å².